The molecule has 0 radical (unpaired) electrons. The van der Waals surface area contributed by atoms with Crippen molar-refractivity contribution in [1.29, 1.82) is 0 Å². The lowest BCUT2D eigenvalue weighted by Gasteiger charge is -2.39. The first-order valence-corrected chi connectivity index (χ1v) is 5.02. The van der Waals surface area contributed by atoms with E-state index in [4.69, 9.17) is 0 Å². The average Bonchev–Trinajstić information content (AvgIpc) is 2.05. The van der Waals surface area contributed by atoms with Crippen LogP contribution in [0.2, 0.25) is 0 Å². The van der Waals surface area contributed by atoms with Crippen molar-refractivity contribution < 1.29 is 17.3 Å². The number of quaternary nitrogens is 1. The minimum absolute atomic E-state index is 0. The van der Waals surface area contributed by atoms with Crippen molar-refractivity contribution in [3.8, 4) is 0 Å². The average molecular weight is 192 g/mol. The number of halogens is 1. The molecule has 0 aromatic heterocycles. The fourth-order valence-electron chi connectivity index (χ4n) is 2.44. The van der Waals surface area contributed by atoms with E-state index in [1.54, 1.807) is 4.90 Å². The molecule has 0 atom stereocenters. The first-order chi connectivity index (χ1) is 5.21. The maximum atomic E-state index is 2.35. The highest BCUT2D eigenvalue weighted by Gasteiger charge is 2.35. The van der Waals surface area contributed by atoms with Gasteiger partial charge in [0.15, 0.2) is 0 Å². The van der Waals surface area contributed by atoms with Crippen LogP contribution in [0.4, 0.5) is 0 Å². The molecule has 0 spiro atoms. The van der Waals surface area contributed by atoms with Gasteiger partial charge in [0.25, 0.3) is 0 Å². The Kier molecular flexibility index (Phi) is 5.19. The van der Waals surface area contributed by atoms with Gasteiger partial charge in [0, 0.05) is 12.8 Å². The van der Waals surface area contributed by atoms with E-state index in [2.05, 4.69) is 21.0 Å². The summed E-state index contributed by atoms with van der Waals surface area (Å²) in [6, 6.07) is 0. The Morgan fingerprint density at radius 2 is 1.58 bits per heavy atom. The van der Waals surface area contributed by atoms with Crippen LogP contribution in [0.25, 0.3) is 0 Å². The summed E-state index contributed by atoms with van der Waals surface area (Å²) in [5, 5.41) is 0. The van der Waals surface area contributed by atoms with E-state index in [1.165, 1.54) is 38.5 Å². The Morgan fingerprint density at radius 3 is 1.83 bits per heavy atom. The van der Waals surface area contributed by atoms with Gasteiger partial charge < -0.3 is 17.3 Å². The Bertz CT molecular complexity index is 117. The van der Waals surface area contributed by atoms with Gasteiger partial charge >= 0.3 is 0 Å². The maximum Gasteiger partial charge on any atom is 0.0970 e. The minimum atomic E-state index is 0. The second-order valence-electron chi connectivity index (χ2n) is 4.19. The Labute approximate surface area is 82.9 Å². The quantitative estimate of drug-likeness (QED) is 0.528. The van der Waals surface area contributed by atoms with Crippen LogP contribution in [0.5, 0.6) is 0 Å². The van der Waals surface area contributed by atoms with E-state index >= 15 is 0 Å². The zero-order valence-corrected chi connectivity index (χ0v) is 9.38. The van der Waals surface area contributed by atoms with Crippen LogP contribution in [0.3, 0.4) is 0 Å². The molecule has 0 saturated heterocycles. The van der Waals surface area contributed by atoms with Gasteiger partial charge in [-0.15, -0.1) is 0 Å². The lowest BCUT2D eigenvalue weighted by Crippen LogP contribution is -3.15. The van der Waals surface area contributed by atoms with Gasteiger partial charge in [0.2, 0.25) is 0 Å². The molecule has 1 nitrogen and oxygen atoms in total. The van der Waals surface area contributed by atoms with Crippen LogP contribution < -0.4 is 17.3 Å². The zero-order valence-electron chi connectivity index (χ0n) is 8.62. The highest BCUT2D eigenvalue weighted by Crippen LogP contribution is 2.27. The Morgan fingerprint density at radius 1 is 1.08 bits per heavy atom. The Balaban J connectivity index is 0.00000121. The third-order valence-corrected chi connectivity index (χ3v) is 3.55. The molecule has 2 heteroatoms. The van der Waals surface area contributed by atoms with Crippen molar-refractivity contribution in [3.05, 3.63) is 0 Å². The molecule has 74 valence electrons. The summed E-state index contributed by atoms with van der Waals surface area (Å²) in [6.45, 7) is 2.35. The van der Waals surface area contributed by atoms with Crippen molar-refractivity contribution in [2.45, 2.75) is 51.0 Å². The number of rotatable bonds is 2. The van der Waals surface area contributed by atoms with Gasteiger partial charge in [-0.2, -0.15) is 0 Å². The number of hydrogen-bond acceptors (Lipinski definition) is 0. The summed E-state index contributed by atoms with van der Waals surface area (Å²) < 4.78 is 0. The molecule has 1 N–H and O–H groups in total. The normalized spacial score (nSPS) is 22.0. The van der Waals surface area contributed by atoms with Crippen molar-refractivity contribution in [3.63, 3.8) is 0 Å². The SMILES string of the molecule is CCC1([NH+](C)C)CCCCC1.[Cl-]. The van der Waals surface area contributed by atoms with Crippen molar-refractivity contribution in [1.82, 2.24) is 0 Å². The van der Waals surface area contributed by atoms with Crippen LogP contribution in [0.1, 0.15) is 45.4 Å². The van der Waals surface area contributed by atoms with Gasteiger partial charge in [-0.05, 0) is 19.3 Å². The van der Waals surface area contributed by atoms with E-state index < -0.39 is 0 Å². The zero-order chi connectivity index (χ0) is 8.32. The third kappa shape index (κ3) is 2.37. The molecule has 0 unspecified atom stereocenters. The monoisotopic (exact) mass is 191 g/mol. The fourth-order valence-corrected chi connectivity index (χ4v) is 2.44. The summed E-state index contributed by atoms with van der Waals surface area (Å²) >= 11 is 0. The first kappa shape index (κ1) is 12.2. The molecule has 1 saturated carbocycles. The van der Waals surface area contributed by atoms with E-state index in [-0.39, 0.29) is 12.4 Å². The van der Waals surface area contributed by atoms with Crippen molar-refractivity contribution >= 4 is 0 Å². The molecule has 1 rings (SSSR count). The number of nitrogens with one attached hydrogen (secondary N) is 1. The van der Waals surface area contributed by atoms with Gasteiger partial charge in [-0.3, -0.25) is 0 Å². The Hall–Kier alpha value is 0.250. The second kappa shape index (κ2) is 5.08. The first-order valence-electron chi connectivity index (χ1n) is 5.02. The summed E-state index contributed by atoms with van der Waals surface area (Å²) in [5.74, 6) is 0. The van der Waals surface area contributed by atoms with Crippen LogP contribution in [0, 0.1) is 0 Å². The molecule has 1 aliphatic rings. The van der Waals surface area contributed by atoms with Gasteiger partial charge in [0.05, 0.1) is 19.6 Å². The van der Waals surface area contributed by atoms with Gasteiger partial charge in [-0.1, -0.05) is 13.3 Å². The molecule has 1 aliphatic carbocycles. The van der Waals surface area contributed by atoms with Crippen molar-refractivity contribution in [2.75, 3.05) is 14.1 Å². The van der Waals surface area contributed by atoms with Crippen LogP contribution in [0.15, 0.2) is 0 Å². The smallest absolute Gasteiger partial charge is 0.0970 e. The molecule has 0 amide bonds. The molecule has 0 aromatic rings. The largest absolute Gasteiger partial charge is 1.00 e. The van der Waals surface area contributed by atoms with Crippen LogP contribution >= 0.6 is 0 Å². The van der Waals surface area contributed by atoms with Crippen LogP contribution in [-0.4, -0.2) is 19.6 Å². The predicted molar refractivity (Wildman–Crippen MR) is 48.9 cm³/mol. The van der Waals surface area contributed by atoms with E-state index in [0.717, 1.165) is 0 Å². The topological polar surface area (TPSA) is 4.44 Å². The lowest BCUT2D eigenvalue weighted by molar-refractivity contribution is -0.918. The molecular formula is C10H22ClN. The number of hydrogen-bond donors (Lipinski definition) is 1. The van der Waals surface area contributed by atoms with Gasteiger partial charge in [-0.25, -0.2) is 0 Å². The fraction of sp³-hybridized carbons (Fsp3) is 1.00. The molecule has 0 bridgehead atoms. The molecular weight excluding hydrogens is 170 g/mol. The van der Waals surface area contributed by atoms with E-state index in [1.807, 2.05) is 0 Å². The summed E-state index contributed by atoms with van der Waals surface area (Å²) in [5.41, 5.74) is 0.637. The molecule has 0 aromatic carbocycles. The molecule has 0 heterocycles. The highest BCUT2D eigenvalue weighted by atomic mass is 35.5. The van der Waals surface area contributed by atoms with Crippen molar-refractivity contribution in [2.24, 2.45) is 0 Å². The molecule has 0 aliphatic heterocycles. The second-order valence-corrected chi connectivity index (χ2v) is 4.19. The van der Waals surface area contributed by atoms with Gasteiger partial charge in [0.1, 0.15) is 0 Å². The standard InChI is InChI=1S/C10H21N.ClH/c1-4-10(11(2)3)8-6-5-7-9-10;/h4-9H2,1-3H3;1H. The van der Waals surface area contributed by atoms with E-state index in [9.17, 15) is 0 Å². The molecule has 1 fully saturated rings. The van der Waals surface area contributed by atoms with E-state index in [0.29, 0.717) is 5.54 Å². The predicted octanol–water partition coefficient (Wildman–Crippen LogP) is -1.75. The highest BCUT2D eigenvalue weighted by molar-refractivity contribution is 4.80. The van der Waals surface area contributed by atoms with Crippen LogP contribution in [-0.2, 0) is 0 Å². The summed E-state index contributed by atoms with van der Waals surface area (Å²) in [6.07, 6.45) is 8.64. The maximum absolute atomic E-state index is 2.35. The third-order valence-electron chi connectivity index (χ3n) is 3.55. The summed E-state index contributed by atoms with van der Waals surface area (Å²) in [4.78, 5) is 1.67. The lowest BCUT2D eigenvalue weighted by atomic mass is 9.79. The minimum Gasteiger partial charge on any atom is -1.00 e. The summed E-state index contributed by atoms with van der Waals surface area (Å²) in [7, 11) is 4.63. The molecule has 12 heavy (non-hydrogen) atoms.